The Morgan fingerprint density at radius 3 is 2.65 bits per heavy atom. The van der Waals surface area contributed by atoms with Crippen LogP contribution in [0.4, 0.5) is 0 Å². The Morgan fingerprint density at radius 2 is 2.12 bits per heavy atom. The van der Waals surface area contributed by atoms with Crippen LogP contribution in [0.25, 0.3) is 0 Å². The van der Waals surface area contributed by atoms with Gasteiger partial charge >= 0.3 is 0 Å². The SMILES string of the molecule is C=C(C)CCCC1=CC(C(C)(C)C)CCC1=O. The fourth-order valence-electron chi connectivity index (χ4n) is 2.35. The minimum atomic E-state index is 0.278. The molecule has 1 nitrogen and oxygen atoms in total. The largest absolute Gasteiger partial charge is 0.295 e. The molecular weight excluding hydrogens is 208 g/mol. The van der Waals surface area contributed by atoms with E-state index in [0.29, 0.717) is 11.7 Å². The van der Waals surface area contributed by atoms with Crippen molar-refractivity contribution in [2.24, 2.45) is 11.3 Å². The Hall–Kier alpha value is -0.850. The Labute approximate surface area is 106 Å². The van der Waals surface area contributed by atoms with Gasteiger partial charge < -0.3 is 0 Å². The van der Waals surface area contributed by atoms with Crippen molar-refractivity contribution in [3.8, 4) is 0 Å². The highest BCUT2D eigenvalue weighted by atomic mass is 16.1. The monoisotopic (exact) mass is 234 g/mol. The first-order chi connectivity index (χ1) is 7.80. The van der Waals surface area contributed by atoms with Crippen molar-refractivity contribution >= 4 is 5.78 Å². The van der Waals surface area contributed by atoms with Gasteiger partial charge in [0.2, 0.25) is 0 Å². The van der Waals surface area contributed by atoms with Gasteiger partial charge in [-0.25, -0.2) is 0 Å². The molecule has 0 aliphatic heterocycles. The van der Waals surface area contributed by atoms with Gasteiger partial charge in [0.1, 0.15) is 0 Å². The van der Waals surface area contributed by atoms with Crippen molar-refractivity contribution in [3.63, 3.8) is 0 Å². The lowest BCUT2D eigenvalue weighted by atomic mass is 9.73. The van der Waals surface area contributed by atoms with Gasteiger partial charge in [0, 0.05) is 6.42 Å². The van der Waals surface area contributed by atoms with E-state index in [0.717, 1.165) is 37.7 Å². The van der Waals surface area contributed by atoms with Crippen LogP contribution in [0.3, 0.4) is 0 Å². The number of hydrogen-bond donors (Lipinski definition) is 0. The summed E-state index contributed by atoms with van der Waals surface area (Å²) < 4.78 is 0. The Bertz CT molecular complexity index is 328. The first kappa shape index (κ1) is 14.2. The van der Waals surface area contributed by atoms with Gasteiger partial charge in [-0.05, 0) is 49.5 Å². The molecule has 0 bridgehead atoms. The molecule has 0 saturated carbocycles. The average molecular weight is 234 g/mol. The third-order valence-corrected chi connectivity index (χ3v) is 3.60. The first-order valence-electron chi connectivity index (χ1n) is 6.69. The number of hydrogen-bond acceptors (Lipinski definition) is 1. The van der Waals surface area contributed by atoms with Crippen molar-refractivity contribution in [3.05, 3.63) is 23.8 Å². The van der Waals surface area contributed by atoms with Crippen LogP contribution in [-0.4, -0.2) is 5.78 Å². The molecule has 0 N–H and O–H groups in total. The molecule has 0 radical (unpaired) electrons. The molecule has 1 atom stereocenters. The molecule has 1 aliphatic rings. The summed E-state index contributed by atoms with van der Waals surface area (Å²) in [4.78, 5) is 11.9. The first-order valence-corrected chi connectivity index (χ1v) is 6.69. The Balaban J connectivity index is 2.63. The van der Waals surface area contributed by atoms with E-state index in [-0.39, 0.29) is 5.41 Å². The highest BCUT2D eigenvalue weighted by molar-refractivity contribution is 5.96. The smallest absolute Gasteiger partial charge is 0.158 e. The predicted octanol–water partition coefficient (Wildman–Crippen LogP) is 4.68. The van der Waals surface area contributed by atoms with Gasteiger partial charge in [-0.15, -0.1) is 6.58 Å². The normalized spacial score (nSPS) is 21.3. The molecule has 0 aromatic rings. The summed E-state index contributed by atoms with van der Waals surface area (Å²) in [5, 5.41) is 0. The van der Waals surface area contributed by atoms with E-state index in [9.17, 15) is 4.79 Å². The predicted molar refractivity (Wildman–Crippen MR) is 73.9 cm³/mol. The number of carbonyl (C=O) groups is 1. The molecule has 1 heteroatoms. The molecule has 0 aromatic heterocycles. The second kappa shape index (κ2) is 5.66. The maximum atomic E-state index is 11.9. The molecule has 0 fully saturated rings. The van der Waals surface area contributed by atoms with E-state index < -0.39 is 0 Å². The molecule has 1 aliphatic carbocycles. The Kier molecular flexibility index (Phi) is 4.73. The fraction of sp³-hybridized carbons (Fsp3) is 0.688. The summed E-state index contributed by atoms with van der Waals surface area (Å²) in [5.41, 5.74) is 2.55. The molecule has 0 amide bonds. The molecule has 1 rings (SSSR count). The molecule has 0 heterocycles. The van der Waals surface area contributed by atoms with E-state index in [1.807, 2.05) is 0 Å². The van der Waals surface area contributed by atoms with Crippen molar-refractivity contribution in [2.45, 2.75) is 59.8 Å². The highest BCUT2D eigenvalue weighted by Crippen LogP contribution is 2.36. The molecule has 96 valence electrons. The molecule has 1 unspecified atom stereocenters. The molecule has 17 heavy (non-hydrogen) atoms. The van der Waals surface area contributed by atoms with Crippen LogP contribution >= 0.6 is 0 Å². The minimum absolute atomic E-state index is 0.278. The molecular formula is C16H26O. The maximum Gasteiger partial charge on any atom is 0.158 e. The summed E-state index contributed by atoms with van der Waals surface area (Å²) in [5.74, 6) is 0.923. The molecule has 0 aromatic carbocycles. The van der Waals surface area contributed by atoms with Gasteiger partial charge in [-0.3, -0.25) is 4.79 Å². The summed E-state index contributed by atoms with van der Waals surface area (Å²) in [6.07, 6.45) is 7.02. The van der Waals surface area contributed by atoms with Gasteiger partial charge in [-0.2, -0.15) is 0 Å². The van der Waals surface area contributed by atoms with Gasteiger partial charge in [0.15, 0.2) is 5.78 Å². The quantitative estimate of drug-likeness (QED) is 0.645. The van der Waals surface area contributed by atoms with Crippen LogP contribution < -0.4 is 0 Å². The standard InChI is InChI=1S/C16H26O/c1-12(2)7-6-8-13-11-14(16(3,4)5)9-10-15(13)17/h11,14H,1,6-10H2,2-5H3. The van der Waals surface area contributed by atoms with E-state index in [1.54, 1.807) is 0 Å². The van der Waals surface area contributed by atoms with Crippen LogP contribution in [0.5, 0.6) is 0 Å². The number of Topliss-reactive ketones (excluding diaryl/α,β-unsaturated/α-hetero) is 1. The van der Waals surface area contributed by atoms with Gasteiger partial charge in [0.25, 0.3) is 0 Å². The molecule has 0 spiro atoms. The maximum absolute atomic E-state index is 11.9. The lowest BCUT2D eigenvalue weighted by Crippen LogP contribution is -2.24. The van der Waals surface area contributed by atoms with Gasteiger partial charge in [-0.1, -0.05) is 32.4 Å². The van der Waals surface area contributed by atoms with E-state index in [1.165, 1.54) is 5.57 Å². The third-order valence-electron chi connectivity index (χ3n) is 3.60. The van der Waals surface area contributed by atoms with E-state index in [4.69, 9.17) is 0 Å². The zero-order chi connectivity index (χ0) is 13.1. The van der Waals surface area contributed by atoms with Crippen molar-refractivity contribution in [1.29, 1.82) is 0 Å². The fourth-order valence-corrected chi connectivity index (χ4v) is 2.35. The third kappa shape index (κ3) is 4.49. The minimum Gasteiger partial charge on any atom is -0.295 e. The van der Waals surface area contributed by atoms with Gasteiger partial charge in [0.05, 0.1) is 0 Å². The molecule has 0 saturated heterocycles. The summed E-state index contributed by atoms with van der Waals surface area (Å²) >= 11 is 0. The van der Waals surface area contributed by atoms with Crippen LogP contribution in [0.15, 0.2) is 23.8 Å². The van der Waals surface area contributed by atoms with Crippen molar-refractivity contribution in [2.75, 3.05) is 0 Å². The zero-order valence-corrected chi connectivity index (χ0v) is 11.8. The van der Waals surface area contributed by atoms with Crippen LogP contribution in [0, 0.1) is 11.3 Å². The zero-order valence-electron chi connectivity index (χ0n) is 11.8. The summed E-state index contributed by atoms with van der Waals surface area (Å²) in [6, 6.07) is 0. The van der Waals surface area contributed by atoms with Crippen LogP contribution in [0.2, 0.25) is 0 Å². The lowest BCUT2D eigenvalue weighted by Gasteiger charge is -2.31. The summed E-state index contributed by atoms with van der Waals surface area (Å²) in [7, 11) is 0. The highest BCUT2D eigenvalue weighted by Gasteiger charge is 2.28. The topological polar surface area (TPSA) is 17.1 Å². The number of rotatable bonds is 4. The number of carbonyl (C=O) groups excluding carboxylic acids is 1. The average Bonchev–Trinajstić information content (AvgIpc) is 2.18. The van der Waals surface area contributed by atoms with Crippen LogP contribution in [0.1, 0.15) is 59.8 Å². The number of allylic oxidation sites excluding steroid dienone is 3. The second-order valence-electron chi connectivity index (χ2n) is 6.44. The number of ketones is 1. The van der Waals surface area contributed by atoms with Crippen molar-refractivity contribution < 1.29 is 4.79 Å². The van der Waals surface area contributed by atoms with Crippen LogP contribution in [-0.2, 0) is 4.79 Å². The lowest BCUT2D eigenvalue weighted by molar-refractivity contribution is -0.116. The second-order valence-corrected chi connectivity index (χ2v) is 6.44. The Morgan fingerprint density at radius 1 is 1.47 bits per heavy atom. The van der Waals surface area contributed by atoms with Crippen molar-refractivity contribution in [1.82, 2.24) is 0 Å². The van der Waals surface area contributed by atoms with E-state index in [2.05, 4.69) is 40.3 Å². The van der Waals surface area contributed by atoms with E-state index >= 15 is 0 Å². The summed E-state index contributed by atoms with van der Waals surface area (Å²) in [6.45, 7) is 12.7.